The molecule has 0 radical (unpaired) electrons. The van der Waals surface area contributed by atoms with Gasteiger partial charge in [0, 0.05) is 24.0 Å². The molecule has 4 nitrogen and oxygen atoms in total. The molecule has 1 aliphatic heterocycles. The zero-order chi connectivity index (χ0) is 14.7. The number of aliphatic hydroxyl groups excluding tert-OH is 1. The molecule has 0 amide bonds. The van der Waals surface area contributed by atoms with Crippen molar-refractivity contribution >= 4 is 5.97 Å². The van der Waals surface area contributed by atoms with Crippen LogP contribution in [0, 0.1) is 17.3 Å². The summed E-state index contributed by atoms with van der Waals surface area (Å²) in [5.74, 6) is -0.117. The lowest BCUT2D eigenvalue weighted by Gasteiger charge is -2.59. The van der Waals surface area contributed by atoms with Crippen LogP contribution in [-0.2, 0) is 14.3 Å². The molecule has 0 aromatic rings. The minimum Gasteiger partial charge on any atom is -0.456 e. The van der Waals surface area contributed by atoms with Gasteiger partial charge in [-0.2, -0.15) is 0 Å². The Morgan fingerprint density at radius 3 is 2.60 bits per heavy atom. The predicted octanol–water partition coefficient (Wildman–Crippen LogP) is 2.06. The molecule has 0 unspecified atom stereocenters. The first-order valence-corrected chi connectivity index (χ1v) is 7.46. The van der Waals surface area contributed by atoms with Crippen LogP contribution in [0.4, 0.5) is 0 Å². The van der Waals surface area contributed by atoms with Crippen molar-refractivity contribution in [2.45, 2.75) is 57.3 Å². The second-order valence-corrected chi connectivity index (χ2v) is 7.10. The quantitative estimate of drug-likeness (QED) is 0.590. The van der Waals surface area contributed by atoms with Crippen LogP contribution in [0.3, 0.4) is 0 Å². The van der Waals surface area contributed by atoms with Gasteiger partial charge in [0.1, 0.15) is 6.10 Å². The number of aliphatic hydroxyl groups is 1. The number of fused-ring (bicyclic) bond motifs is 2. The summed E-state index contributed by atoms with van der Waals surface area (Å²) in [6.45, 7) is 8.08. The molecule has 0 spiro atoms. The highest BCUT2D eigenvalue weighted by Crippen LogP contribution is 2.59. The van der Waals surface area contributed by atoms with Crippen LogP contribution in [0.5, 0.6) is 0 Å². The third kappa shape index (κ3) is 1.64. The van der Waals surface area contributed by atoms with Gasteiger partial charge in [0.05, 0.1) is 11.7 Å². The van der Waals surface area contributed by atoms with Crippen molar-refractivity contribution in [2.24, 2.45) is 17.3 Å². The zero-order valence-corrected chi connectivity index (χ0v) is 12.5. The Morgan fingerprint density at radius 2 is 2.05 bits per heavy atom. The number of esters is 1. The van der Waals surface area contributed by atoms with Gasteiger partial charge in [0.15, 0.2) is 0 Å². The molecule has 1 N–H and O–H groups in total. The fourth-order valence-electron chi connectivity index (χ4n) is 4.59. The Labute approximate surface area is 120 Å². The number of carbonyl (C=O) groups is 1. The van der Waals surface area contributed by atoms with Gasteiger partial charge in [0.25, 0.3) is 0 Å². The average Bonchev–Trinajstić information content (AvgIpc) is 2.68. The highest BCUT2D eigenvalue weighted by molar-refractivity contribution is 5.90. The standard InChI is InChI=1S/C16H24O4/c1-9-10-5-8-16(3,19-4)11-6-7-15(11,2)13(17)12(10)20-14(9)18/h10-13,17H,1,5-8H2,2-4H3/t10-,11+,12-,13+,15+,16+/m0/s1. The first-order valence-electron chi connectivity index (χ1n) is 7.46. The van der Waals surface area contributed by atoms with Crippen LogP contribution in [0.25, 0.3) is 0 Å². The van der Waals surface area contributed by atoms with E-state index in [1.807, 2.05) is 0 Å². The van der Waals surface area contributed by atoms with E-state index in [2.05, 4.69) is 20.4 Å². The molecular weight excluding hydrogens is 256 g/mol. The van der Waals surface area contributed by atoms with E-state index in [1.54, 1.807) is 7.11 Å². The molecule has 6 atom stereocenters. The molecule has 2 saturated carbocycles. The SMILES string of the molecule is C=C1C(=O)O[C@@H]2[C@@H](O)[C@]3(C)CC[C@H]3[C@](C)(OC)CC[C@@H]12. The summed E-state index contributed by atoms with van der Waals surface area (Å²) in [7, 11) is 1.75. The van der Waals surface area contributed by atoms with Crippen LogP contribution in [-0.4, -0.2) is 36.0 Å². The molecule has 3 rings (SSSR count). The number of methoxy groups -OCH3 is 1. The Bertz CT molecular complexity index is 459. The van der Waals surface area contributed by atoms with Crippen molar-refractivity contribution in [3.05, 3.63) is 12.2 Å². The third-order valence-electron chi connectivity index (χ3n) is 6.26. The Balaban J connectivity index is 1.98. The monoisotopic (exact) mass is 280 g/mol. The van der Waals surface area contributed by atoms with Crippen molar-refractivity contribution in [3.8, 4) is 0 Å². The van der Waals surface area contributed by atoms with Crippen molar-refractivity contribution in [1.82, 2.24) is 0 Å². The highest BCUT2D eigenvalue weighted by atomic mass is 16.6. The van der Waals surface area contributed by atoms with Gasteiger partial charge in [-0.1, -0.05) is 13.5 Å². The van der Waals surface area contributed by atoms with Crippen LogP contribution < -0.4 is 0 Å². The maximum absolute atomic E-state index is 11.8. The first-order chi connectivity index (χ1) is 9.33. The van der Waals surface area contributed by atoms with Gasteiger partial charge in [-0.3, -0.25) is 0 Å². The summed E-state index contributed by atoms with van der Waals surface area (Å²) >= 11 is 0. The molecule has 1 heterocycles. The lowest BCUT2D eigenvalue weighted by atomic mass is 9.50. The topological polar surface area (TPSA) is 55.8 Å². The molecule has 3 fully saturated rings. The van der Waals surface area contributed by atoms with E-state index in [0.717, 1.165) is 25.7 Å². The van der Waals surface area contributed by atoms with Crippen molar-refractivity contribution in [3.63, 3.8) is 0 Å². The molecule has 112 valence electrons. The van der Waals surface area contributed by atoms with E-state index in [4.69, 9.17) is 9.47 Å². The predicted molar refractivity (Wildman–Crippen MR) is 74.0 cm³/mol. The van der Waals surface area contributed by atoms with Crippen LogP contribution in [0.2, 0.25) is 0 Å². The summed E-state index contributed by atoms with van der Waals surface area (Å²) in [6.07, 6.45) is 2.60. The van der Waals surface area contributed by atoms with E-state index < -0.39 is 12.2 Å². The normalized spacial score (nSPS) is 51.4. The lowest BCUT2D eigenvalue weighted by molar-refractivity contribution is -0.214. The van der Waals surface area contributed by atoms with Crippen molar-refractivity contribution in [1.29, 1.82) is 0 Å². The molecule has 2 aliphatic carbocycles. The molecule has 20 heavy (non-hydrogen) atoms. The maximum atomic E-state index is 11.8. The van der Waals surface area contributed by atoms with Crippen molar-refractivity contribution in [2.75, 3.05) is 7.11 Å². The van der Waals surface area contributed by atoms with E-state index in [1.165, 1.54) is 0 Å². The minimum absolute atomic E-state index is 0.0784. The summed E-state index contributed by atoms with van der Waals surface area (Å²) < 4.78 is 11.2. The first kappa shape index (κ1) is 14.1. The van der Waals surface area contributed by atoms with Crippen molar-refractivity contribution < 1.29 is 19.4 Å². The Kier molecular flexibility index (Phi) is 3.04. The zero-order valence-electron chi connectivity index (χ0n) is 12.5. The van der Waals surface area contributed by atoms with Gasteiger partial charge in [0.2, 0.25) is 0 Å². The van der Waals surface area contributed by atoms with Gasteiger partial charge in [-0.15, -0.1) is 0 Å². The maximum Gasteiger partial charge on any atom is 0.334 e. The number of carbonyl (C=O) groups excluding carboxylic acids is 1. The number of rotatable bonds is 1. The fourth-order valence-corrected chi connectivity index (χ4v) is 4.59. The van der Waals surface area contributed by atoms with Gasteiger partial charge < -0.3 is 14.6 Å². The summed E-state index contributed by atoms with van der Waals surface area (Å²) in [5, 5.41) is 10.8. The van der Waals surface area contributed by atoms with Crippen LogP contribution in [0.15, 0.2) is 12.2 Å². The number of hydrogen-bond acceptors (Lipinski definition) is 4. The average molecular weight is 280 g/mol. The summed E-state index contributed by atoms with van der Waals surface area (Å²) in [6, 6.07) is 0. The minimum atomic E-state index is -0.635. The molecule has 0 aromatic carbocycles. The molecule has 0 bridgehead atoms. The summed E-state index contributed by atoms with van der Waals surface area (Å²) in [5.41, 5.74) is 0.0259. The van der Waals surface area contributed by atoms with Crippen LogP contribution in [0.1, 0.15) is 39.5 Å². The van der Waals surface area contributed by atoms with E-state index in [0.29, 0.717) is 11.5 Å². The van der Waals surface area contributed by atoms with E-state index in [9.17, 15) is 9.90 Å². The lowest BCUT2D eigenvalue weighted by Crippen LogP contribution is -2.62. The molecule has 1 saturated heterocycles. The Hall–Kier alpha value is -0.870. The van der Waals surface area contributed by atoms with E-state index >= 15 is 0 Å². The van der Waals surface area contributed by atoms with Gasteiger partial charge in [-0.05, 0) is 38.5 Å². The van der Waals surface area contributed by atoms with Gasteiger partial charge in [-0.25, -0.2) is 4.79 Å². The molecule has 3 aliphatic rings. The van der Waals surface area contributed by atoms with E-state index in [-0.39, 0.29) is 22.9 Å². The second kappa shape index (κ2) is 4.31. The highest BCUT2D eigenvalue weighted by Gasteiger charge is 2.61. The molecule has 0 aromatic heterocycles. The largest absolute Gasteiger partial charge is 0.456 e. The molecule has 4 heteroatoms. The molecular formula is C16H24O4. The third-order valence-corrected chi connectivity index (χ3v) is 6.26. The fraction of sp³-hybridized carbons (Fsp3) is 0.812. The van der Waals surface area contributed by atoms with Gasteiger partial charge >= 0.3 is 5.97 Å². The van der Waals surface area contributed by atoms with Crippen LogP contribution >= 0.6 is 0 Å². The Morgan fingerprint density at radius 1 is 1.35 bits per heavy atom. The smallest absolute Gasteiger partial charge is 0.334 e. The number of hydrogen-bond donors (Lipinski definition) is 1. The second-order valence-electron chi connectivity index (χ2n) is 7.10. The summed E-state index contributed by atoms with van der Waals surface area (Å²) in [4.78, 5) is 11.8. The number of ether oxygens (including phenoxy) is 2.